The second-order valence-electron chi connectivity index (χ2n) is 4.61. The third-order valence-corrected chi connectivity index (χ3v) is 2.32. The molecule has 1 aromatic carbocycles. The van der Waals surface area contributed by atoms with Crippen molar-refractivity contribution in [2.75, 3.05) is 18.5 Å². The van der Waals surface area contributed by atoms with Gasteiger partial charge < -0.3 is 5.32 Å². The van der Waals surface area contributed by atoms with Gasteiger partial charge in [-0.25, -0.2) is 5.48 Å². The van der Waals surface area contributed by atoms with Crippen LogP contribution in [-0.4, -0.2) is 19.1 Å². The van der Waals surface area contributed by atoms with Crippen LogP contribution in [0.25, 0.3) is 0 Å². The lowest BCUT2D eigenvalue weighted by Gasteiger charge is -2.12. The molecule has 0 atom stereocenters. The van der Waals surface area contributed by atoms with E-state index in [1.165, 1.54) is 0 Å². The van der Waals surface area contributed by atoms with Gasteiger partial charge in [-0.05, 0) is 24.5 Å². The lowest BCUT2D eigenvalue weighted by molar-refractivity contribution is 0.0209. The number of benzene rings is 1. The molecule has 0 saturated carbocycles. The summed E-state index contributed by atoms with van der Waals surface area (Å²) < 4.78 is 0. The average molecular weight is 250 g/mol. The van der Waals surface area contributed by atoms with Crippen molar-refractivity contribution in [2.45, 2.75) is 27.2 Å². The Morgan fingerprint density at radius 3 is 2.72 bits per heavy atom. The number of hydroxylamine groups is 1. The van der Waals surface area contributed by atoms with Crippen LogP contribution in [0.1, 0.15) is 37.6 Å². The molecule has 0 heterocycles. The number of hydrogen-bond acceptors (Lipinski definition) is 3. The monoisotopic (exact) mass is 250 g/mol. The predicted molar refractivity (Wildman–Crippen MR) is 73.5 cm³/mol. The van der Waals surface area contributed by atoms with Crippen LogP contribution in [-0.2, 0) is 4.84 Å². The van der Waals surface area contributed by atoms with Gasteiger partial charge in [0.25, 0.3) is 5.91 Å². The molecule has 4 heteroatoms. The minimum Gasteiger partial charge on any atom is -0.384 e. The molecule has 0 aromatic heterocycles. The molecule has 2 N–H and O–H groups in total. The number of anilines is 1. The fourth-order valence-electron chi connectivity index (χ4n) is 1.42. The predicted octanol–water partition coefficient (Wildman–Crippen LogP) is 2.83. The van der Waals surface area contributed by atoms with Crippen molar-refractivity contribution in [3.8, 4) is 0 Å². The van der Waals surface area contributed by atoms with Crippen molar-refractivity contribution in [1.29, 1.82) is 0 Å². The van der Waals surface area contributed by atoms with Crippen LogP contribution in [0.5, 0.6) is 0 Å². The van der Waals surface area contributed by atoms with Crippen LogP contribution in [0.3, 0.4) is 0 Å². The molecule has 0 radical (unpaired) electrons. The maximum atomic E-state index is 11.9. The number of nitrogens with one attached hydrogen (secondary N) is 2. The first kappa shape index (κ1) is 14.5. The molecule has 0 aliphatic heterocycles. The minimum absolute atomic E-state index is 0.213. The summed E-state index contributed by atoms with van der Waals surface area (Å²) in [6, 6.07) is 7.43. The SMILES string of the molecule is CCCNc1ccccc1C(=O)NOCC(C)C. The highest BCUT2D eigenvalue weighted by Gasteiger charge is 2.10. The van der Waals surface area contributed by atoms with E-state index in [1.54, 1.807) is 6.07 Å². The van der Waals surface area contributed by atoms with Gasteiger partial charge in [0, 0.05) is 12.2 Å². The van der Waals surface area contributed by atoms with Crippen molar-refractivity contribution >= 4 is 11.6 Å². The molecule has 0 fully saturated rings. The van der Waals surface area contributed by atoms with E-state index in [2.05, 4.69) is 17.7 Å². The number of carbonyl (C=O) groups excluding carboxylic acids is 1. The third kappa shape index (κ3) is 4.75. The van der Waals surface area contributed by atoms with Gasteiger partial charge in [0.1, 0.15) is 0 Å². The summed E-state index contributed by atoms with van der Waals surface area (Å²) in [6.07, 6.45) is 1.01. The van der Waals surface area contributed by atoms with Crippen LogP contribution < -0.4 is 10.8 Å². The Bertz CT molecular complexity index is 378. The Kier molecular flexibility index (Phi) is 6.22. The van der Waals surface area contributed by atoms with Gasteiger partial charge in [0.05, 0.1) is 12.2 Å². The zero-order valence-electron chi connectivity index (χ0n) is 11.3. The van der Waals surface area contributed by atoms with E-state index in [0.29, 0.717) is 18.1 Å². The van der Waals surface area contributed by atoms with E-state index in [4.69, 9.17) is 4.84 Å². The molecule has 4 nitrogen and oxygen atoms in total. The Morgan fingerprint density at radius 2 is 2.06 bits per heavy atom. The third-order valence-electron chi connectivity index (χ3n) is 2.32. The molecule has 18 heavy (non-hydrogen) atoms. The molecule has 0 bridgehead atoms. The molecule has 0 aliphatic rings. The van der Waals surface area contributed by atoms with Gasteiger partial charge in [0.2, 0.25) is 0 Å². The number of hydrogen-bond donors (Lipinski definition) is 2. The smallest absolute Gasteiger partial charge is 0.276 e. The van der Waals surface area contributed by atoms with Crippen LogP contribution in [0.2, 0.25) is 0 Å². The van der Waals surface area contributed by atoms with E-state index in [1.807, 2.05) is 32.0 Å². The summed E-state index contributed by atoms with van der Waals surface area (Å²) >= 11 is 0. The van der Waals surface area contributed by atoms with Crippen molar-refractivity contribution < 1.29 is 9.63 Å². The van der Waals surface area contributed by atoms with Gasteiger partial charge in [-0.15, -0.1) is 0 Å². The molecule has 0 aliphatic carbocycles. The van der Waals surface area contributed by atoms with Crippen molar-refractivity contribution in [2.24, 2.45) is 5.92 Å². The molecule has 100 valence electrons. The van der Waals surface area contributed by atoms with E-state index < -0.39 is 0 Å². The first-order valence-corrected chi connectivity index (χ1v) is 6.40. The highest BCUT2D eigenvalue weighted by Crippen LogP contribution is 2.14. The average Bonchev–Trinajstić information content (AvgIpc) is 2.36. The summed E-state index contributed by atoms with van der Waals surface area (Å²) in [6.45, 7) is 7.50. The first-order chi connectivity index (χ1) is 8.65. The molecule has 1 rings (SSSR count). The summed E-state index contributed by atoms with van der Waals surface area (Å²) in [5.41, 5.74) is 3.91. The zero-order valence-corrected chi connectivity index (χ0v) is 11.3. The second kappa shape index (κ2) is 7.71. The van der Waals surface area contributed by atoms with Crippen molar-refractivity contribution in [3.63, 3.8) is 0 Å². The number of carbonyl (C=O) groups is 1. The standard InChI is InChI=1S/C14H22N2O2/c1-4-9-15-13-8-6-5-7-12(13)14(17)16-18-10-11(2)3/h5-8,11,15H,4,9-10H2,1-3H3,(H,16,17). The Morgan fingerprint density at radius 1 is 1.33 bits per heavy atom. The van der Waals surface area contributed by atoms with Gasteiger partial charge in [-0.1, -0.05) is 32.9 Å². The lowest BCUT2D eigenvalue weighted by Crippen LogP contribution is -2.26. The van der Waals surface area contributed by atoms with Gasteiger partial charge in [-0.2, -0.15) is 0 Å². The maximum absolute atomic E-state index is 11.9. The van der Waals surface area contributed by atoms with Gasteiger partial charge in [0.15, 0.2) is 0 Å². The highest BCUT2D eigenvalue weighted by molar-refractivity contribution is 5.98. The normalized spacial score (nSPS) is 10.4. The second-order valence-corrected chi connectivity index (χ2v) is 4.61. The quantitative estimate of drug-likeness (QED) is 0.732. The van der Waals surface area contributed by atoms with Crippen molar-refractivity contribution in [1.82, 2.24) is 5.48 Å². The number of para-hydroxylation sites is 1. The van der Waals surface area contributed by atoms with Gasteiger partial charge in [-0.3, -0.25) is 9.63 Å². The fraction of sp³-hybridized carbons (Fsp3) is 0.500. The topological polar surface area (TPSA) is 50.4 Å². The van der Waals surface area contributed by atoms with E-state index in [9.17, 15) is 4.79 Å². The van der Waals surface area contributed by atoms with Crippen LogP contribution in [0, 0.1) is 5.92 Å². The van der Waals surface area contributed by atoms with Gasteiger partial charge >= 0.3 is 0 Å². The molecule has 0 spiro atoms. The van der Waals surface area contributed by atoms with E-state index in [0.717, 1.165) is 18.7 Å². The fourth-order valence-corrected chi connectivity index (χ4v) is 1.42. The van der Waals surface area contributed by atoms with Crippen LogP contribution in [0.15, 0.2) is 24.3 Å². The van der Waals surface area contributed by atoms with Crippen LogP contribution in [0.4, 0.5) is 5.69 Å². The number of rotatable bonds is 7. The largest absolute Gasteiger partial charge is 0.384 e. The highest BCUT2D eigenvalue weighted by atomic mass is 16.6. The molecule has 1 amide bonds. The molecule has 1 aromatic rings. The minimum atomic E-state index is -0.213. The molecule has 0 unspecified atom stereocenters. The number of amides is 1. The summed E-state index contributed by atoms with van der Waals surface area (Å²) in [4.78, 5) is 17.1. The lowest BCUT2D eigenvalue weighted by atomic mass is 10.1. The summed E-state index contributed by atoms with van der Waals surface area (Å²) in [5.74, 6) is 0.175. The first-order valence-electron chi connectivity index (χ1n) is 6.40. The molecule has 0 saturated heterocycles. The van der Waals surface area contributed by atoms with Crippen molar-refractivity contribution in [3.05, 3.63) is 29.8 Å². The van der Waals surface area contributed by atoms with E-state index in [-0.39, 0.29) is 5.91 Å². The van der Waals surface area contributed by atoms with E-state index >= 15 is 0 Å². The summed E-state index contributed by atoms with van der Waals surface area (Å²) in [7, 11) is 0. The molecular formula is C14H22N2O2. The summed E-state index contributed by atoms with van der Waals surface area (Å²) in [5, 5.41) is 3.23. The zero-order chi connectivity index (χ0) is 13.4. The molecular weight excluding hydrogens is 228 g/mol. The Labute approximate surface area is 109 Å². The van der Waals surface area contributed by atoms with Crippen LogP contribution >= 0.6 is 0 Å². The Hall–Kier alpha value is -1.55. The Balaban J connectivity index is 2.60. The maximum Gasteiger partial charge on any atom is 0.276 e.